The van der Waals surface area contributed by atoms with Crippen molar-refractivity contribution in [3.05, 3.63) is 64.7 Å². The van der Waals surface area contributed by atoms with Gasteiger partial charge in [0.05, 0.1) is 23.3 Å². The summed E-state index contributed by atoms with van der Waals surface area (Å²) in [6.45, 7) is 16.1. The lowest BCUT2D eigenvalue weighted by molar-refractivity contribution is 0.462. The minimum atomic E-state index is -0.146. The number of rotatable bonds is 7. The lowest BCUT2D eigenvalue weighted by atomic mass is 10.1. The van der Waals surface area contributed by atoms with E-state index in [-0.39, 0.29) is 11.9 Å². The number of hydrogen-bond donors (Lipinski definition) is 3. The van der Waals surface area contributed by atoms with Gasteiger partial charge >= 0.3 is 5.69 Å². The molecule has 0 aliphatic carbocycles. The third kappa shape index (κ3) is 6.00. The van der Waals surface area contributed by atoms with E-state index in [2.05, 4.69) is 36.0 Å². The predicted molar refractivity (Wildman–Crippen MR) is 117 cm³/mol. The number of H-pyrrole nitrogens is 1. The van der Waals surface area contributed by atoms with Crippen LogP contribution in [0.4, 0.5) is 0 Å². The first kappa shape index (κ1) is 22.5. The summed E-state index contributed by atoms with van der Waals surface area (Å²) in [5.74, 6) is 0. The quantitative estimate of drug-likeness (QED) is 0.506. The first-order valence-electron chi connectivity index (χ1n) is 9.55. The van der Waals surface area contributed by atoms with Crippen molar-refractivity contribution in [2.24, 2.45) is 7.05 Å². The zero-order chi connectivity index (χ0) is 20.6. The van der Waals surface area contributed by atoms with Crippen molar-refractivity contribution in [3.8, 4) is 11.3 Å². The summed E-state index contributed by atoms with van der Waals surface area (Å²) in [6, 6.07) is 8.46. The molecule has 0 aliphatic heterocycles. The highest BCUT2D eigenvalue weighted by molar-refractivity contribution is 5.77. The molecule has 1 aromatic carbocycles. The molecule has 0 saturated carbocycles. The van der Waals surface area contributed by atoms with Gasteiger partial charge in [-0.2, -0.15) is 0 Å². The second-order valence-corrected chi connectivity index (χ2v) is 6.58. The van der Waals surface area contributed by atoms with Crippen LogP contribution in [0, 0.1) is 6.92 Å². The van der Waals surface area contributed by atoms with Crippen molar-refractivity contribution in [2.75, 3.05) is 0 Å². The summed E-state index contributed by atoms with van der Waals surface area (Å²) < 4.78 is 1.62. The fourth-order valence-corrected chi connectivity index (χ4v) is 2.85. The summed E-state index contributed by atoms with van der Waals surface area (Å²) in [4.78, 5) is 15.3. The van der Waals surface area contributed by atoms with Crippen LogP contribution in [0.15, 0.2) is 47.8 Å². The minimum absolute atomic E-state index is 0.0436. The molecule has 0 saturated heterocycles. The van der Waals surface area contributed by atoms with Crippen LogP contribution in [-0.4, -0.2) is 21.8 Å². The molecule has 1 aromatic heterocycles. The van der Waals surface area contributed by atoms with Crippen molar-refractivity contribution in [2.45, 2.75) is 53.8 Å². The molecule has 27 heavy (non-hydrogen) atoms. The Hall–Kier alpha value is -2.53. The van der Waals surface area contributed by atoms with Crippen LogP contribution in [0.3, 0.4) is 0 Å². The molecule has 0 amide bonds. The van der Waals surface area contributed by atoms with Gasteiger partial charge in [0.15, 0.2) is 0 Å². The fourth-order valence-electron chi connectivity index (χ4n) is 2.85. The number of aryl methyl sites for hydroxylation is 1. The third-order valence-corrected chi connectivity index (χ3v) is 3.94. The highest BCUT2D eigenvalue weighted by Crippen LogP contribution is 2.25. The second-order valence-electron chi connectivity index (χ2n) is 6.58. The second kappa shape index (κ2) is 10.6. The van der Waals surface area contributed by atoms with Crippen LogP contribution < -0.4 is 16.3 Å². The summed E-state index contributed by atoms with van der Waals surface area (Å²) in [6.07, 6.45) is 3.65. The predicted octanol–water partition coefficient (Wildman–Crippen LogP) is 4.18. The van der Waals surface area contributed by atoms with Gasteiger partial charge in [0.25, 0.3) is 0 Å². The normalized spacial score (nSPS) is 12.4. The summed E-state index contributed by atoms with van der Waals surface area (Å²) >= 11 is 0. The lowest BCUT2D eigenvalue weighted by Gasteiger charge is -2.22. The maximum absolute atomic E-state index is 12.3. The van der Waals surface area contributed by atoms with Crippen molar-refractivity contribution in [3.63, 3.8) is 0 Å². The molecule has 0 spiro atoms. The van der Waals surface area contributed by atoms with Crippen molar-refractivity contribution < 1.29 is 0 Å². The van der Waals surface area contributed by atoms with E-state index in [1.807, 2.05) is 58.0 Å². The zero-order valence-electron chi connectivity index (χ0n) is 17.7. The molecule has 148 valence electrons. The average Bonchev–Trinajstić information content (AvgIpc) is 2.91. The molecule has 3 N–H and O–H groups in total. The molecule has 0 bridgehead atoms. The van der Waals surface area contributed by atoms with E-state index < -0.39 is 0 Å². The highest BCUT2D eigenvalue weighted by Gasteiger charge is 2.18. The van der Waals surface area contributed by atoms with E-state index in [4.69, 9.17) is 0 Å². The van der Waals surface area contributed by atoms with Crippen LogP contribution in [-0.2, 0) is 7.05 Å². The molecular weight excluding hydrogens is 336 g/mol. The summed E-state index contributed by atoms with van der Waals surface area (Å²) in [7, 11) is 1.77. The molecule has 0 aliphatic rings. The SMILES string of the molecule is C=C/C=C(\NC(C)NC(C)C)c1c(-c2ccc(C)cc2)[nH]c(=O)n1C.CC. The van der Waals surface area contributed by atoms with Crippen LogP contribution in [0.1, 0.15) is 45.9 Å². The number of nitrogens with zero attached hydrogens (tertiary/aromatic N) is 1. The molecule has 2 rings (SSSR count). The topological polar surface area (TPSA) is 61.8 Å². The summed E-state index contributed by atoms with van der Waals surface area (Å²) in [5, 5.41) is 6.85. The van der Waals surface area contributed by atoms with E-state index in [0.29, 0.717) is 6.04 Å². The first-order chi connectivity index (χ1) is 12.8. The largest absolute Gasteiger partial charge is 0.368 e. The van der Waals surface area contributed by atoms with Crippen LogP contribution in [0.5, 0.6) is 0 Å². The Morgan fingerprint density at radius 2 is 1.78 bits per heavy atom. The molecule has 0 radical (unpaired) electrons. The zero-order valence-corrected chi connectivity index (χ0v) is 17.7. The number of allylic oxidation sites excluding steroid dienone is 2. The van der Waals surface area contributed by atoms with Gasteiger partial charge in [0, 0.05) is 18.7 Å². The van der Waals surface area contributed by atoms with Gasteiger partial charge < -0.3 is 10.3 Å². The Morgan fingerprint density at radius 1 is 1.19 bits per heavy atom. The Bertz CT molecular complexity index is 810. The molecule has 1 atom stereocenters. The molecule has 2 aromatic rings. The van der Waals surface area contributed by atoms with E-state index >= 15 is 0 Å². The van der Waals surface area contributed by atoms with Crippen molar-refractivity contribution in [1.82, 2.24) is 20.2 Å². The standard InChI is InChI=1S/C20H28N4O.C2H6/c1-7-8-17(22-15(5)21-13(2)3)19-18(23-20(25)24(19)6)16-11-9-14(4)10-12-16;1-2/h7-13,15,21-22H,1H2,2-6H3,(H,23,25);1-2H3/b17-8-;. The maximum atomic E-state index is 12.3. The van der Waals surface area contributed by atoms with Crippen LogP contribution >= 0.6 is 0 Å². The van der Waals surface area contributed by atoms with E-state index in [1.165, 1.54) is 5.56 Å². The first-order valence-corrected chi connectivity index (χ1v) is 9.55. The van der Waals surface area contributed by atoms with E-state index in [1.54, 1.807) is 17.7 Å². The van der Waals surface area contributed by atoms with Gasteiger partial charge in [-0.15, -0.1) is 0 Å². The number of hydrogen-bond acceptors (Lipinski definition) is 3. The van der Waals surface area contributed by atoms with E-state index in [9.17, 15) is 4.79 Å². The Morgan fingerprint density at radius 3 is 2.30 bits per heavy atom. The van der Waals surface area contributed by atoms with Gasteiger partial charge in [-0.25, -0.2) is 4.79 Å². The molecular formula is C22H34N4O. The van der Waals surface area contributed by atoms with Crippen LogP contribution in [0.25, 0.3) is 17.0 Å². The molecule has 1 heterocycles. The third-order valence-electron chi connectivity index (χ3n) is 3.94. The fraction of sp³-hybridized carbons (Fsp3) is 0.409. The van der Waals surface area contributed by atoms with Gasteiger partial charge in [-0.05, 0) is 33.8 Å². The Balaban J connectivity index is 0.00000176. The Labute approximate surface area is 163 Å². The number of aromatic amines is 1. The monoisotopic (exact) mass is 370 g/mol. The molecule has 5 heteroatoms. The number of nitrogens with one attached hydrogen (secondary N) is 3. The van der Waals surface area contributed by atoms with Gasteiger partial charge in [-0.3, -0.25) is 9.88 Å². The Kier molecular flexibility index (Phi) is 8.82. The number of aromatic nitrogens is 2. The van der Waals surface area contributed by atoms with Crippen molar-refractivity contribution in [1.29, 1.82) is 0 Å². The van der Waals surface area contributed by atoms with Crippen LogP contribution in [0.2, 0.25) is 0 Å². The van der Waals surface area contributed by atoms with Gasteiger partial charge in [0.2, 0.25) is 0 Å². The maximum Gasteiger partial charge on any atom is 0.326 e. The molecule has 5 nitrogen and oxygen atoms in total. The van der Waals surface area contributed by atoms with Gasteiger partial charge in [-0.1, -0.05) is 56.3 Å². The highest BCUT2D eigenvalue weighted by atomic mass is 16.1. The lowest BCUT2D eigenvalue weighted by Crippen LogP contribution is -2.42. The number of benzene rings is 1. The average molecular weight is 371 g/mol. The van der Waals surface area contributed by atoms with Crippen molar-refractivity contribution >= 4 is 5.70 Å². The molecule has 1 unspecified atom stereocenters. The van der Waals surface area contributed by atoms with E-state index in [0.717, 1.165) is 22.6 Å². The van der Waals surface area contributed by atoms with Gasteiger partial charge in [0.1, 0.15) is 0 Å². The molecule has 0 fully saturated rings. The number of imidazole rings is 1. The summed E-state index contributed by atoms with van der Waals surface area (Å²) in [5.41, 5.74) is 4.45. The smallest absolute Gasteiger partial charge is 0.326 e. The minimum Gasteiger partial charge on any atom is -0.368 e.